The molecule has 0 saturated carbocycles. The van der Waals surface area contributed by atoms with Gasteiger partial charge in [0, 0.05) is 7.11 Å². The van der Waals surface area contributed by atoms with Crippen LogP contribution in [0.1, 0.15) is 31.3 Å². The second kappa shape index (κ2) is 5.93. The summed E-state index contributed by atoms with van der Waals surface area (Å²) >= 11 is 6.07. The van der Waals surface area contributed by atoms with E-state index in [1.54, 1.807) is 7.11 Å². The number of halogens is 1. The predicted molar refractivity (Wildman–Crippen MR) is 79.8 cm³/mol. The van der Waals surface area contributed by atoms with Crippen LogP contribution in [-0.2, 0) is 10.6 Å². The molecule has 0 fully saturated rings. The lowest BCUT2D eigenvalue weighted by Gasteiger charge is -2.24. The van der Waals surface area contributed by atoms with Crippen molar-refractivity contribution in [2.24, 2.45) is 5.92 Å². The second-order valence-electron chi connectivity index (χ2n) is 5.29. The minimum absolute atomic E-state index is 0.256. The van der Waals surface area contributed by atoms with Gasteiger partial charge in [0.1, 0.15) is 5.82 Å². The zero-order valence-corrected chi connectivity index (χ0v) is 12.7. The number of hydrogen-bond acceptors (Lipinski definition) is 2. The van der Waals surface area contributed by atoms with Crippen LogP contribution in [0, 0.1) is 12.8 Å². The van der Waals surface area contributed by atoms with Crippen molar-refractivity contribution in [2.75, 3.05) is 13.7 Å². The monoisotopic (exact) mass is 280 g/mol. The van der Waals surface area contributed by atoms with Crippen LogP contribution in [0.2, 0.25) is 0 Å². The van der Waals surface area contributed by atoms with Crippen molar-refractivity contribution >= 4 is 22.6 Å². The van der Waals surface area contributed by atoms with E-state index in [2.05, 4.69) is 48.5 Å². The molecule has 1 heterocycles. The van der Waals surface area contributed by atoms with E-state index in [4.69, 9.17) is 16.3 Å². The van der Waals surface area contributed by atoms with Gasteiger partial charge in [-0.3, -0.25) is 0 Å². The number of aryl methyl sites for hydroxylation is 1. The van der Waals surface area contributed by atoms with Gasteiger partial charge < -0.3 is 9.30 Å². The van der Waals surface area contributed by atoms with Crippen LogP contribution in [0.15, 0.2) is 18.2 Å². The highest BCUT2D eigenvalue weighted by Gasteiger charge is 2.21. The molecule has 4 heteroatoms. The summed E-state index contributed by atoms with van der Waals surface area (Å²) in [5, 5.41) is 0. The van der Waals surface area contributed by atoms with Gasteiger partial charge in [-0.15, -0.1) is 11.6 Å². The predicted octanol–water partition coefficient (Wildman–Crippen LogP) is 3.93. The second-order valence-corrected chi connectivity index (χ2v) is 5.56. The van der Waals surface area contributed by atoms with E-state index in [0.717, 1.165) is 16.9 Å². The highest BCUT2D eigenvalue weighted by molar-refractivity contribution is 6.16. The van der Waals surface area contributed by atoms with Crippen LogP contribution in [0.5, 0.6) is 0 Å². The summed E-state index contributed by atoms with van der Waals surface area (Å²) in [6.45, 7) is 7.14. The van der Waals surface area contributed by atoms with E-state index in [1.807, 2.05) is 0 Å². The Morgan fingerprint density at radius 2 is 2.11 bits per heavy atom. The largest absolute Gasteiger partial charge is 0.383 e. The third kappa shape index (κ3) is 2.77. The Hall–Kier alpha value is -1.06. The summed E-state index contributed by atoms with van der Waals surface area (Å²) in [4.78, 5) is 4.65. The van der Waals surface area contributed by atoms with Crippen LogP contribution in [-0.4, -0.2) is 23.3 Å². The van der Waals surface area contributed by atoms with Gasteiger partial charge in [0.15, 0.2) is 0 Å². The number of nitrogens with zero attached hydrogens (tertiary/aromatic N) is 2. The van der Waals surface area contributed by atoms with Gasteiger partial charge in [-0.25, -0.2) is 4.98 Å². The smallest absolute Gasteiger partial charge is 0.125 e. The third-order valence-electron chi connectivity index (χ3n) is 3.48. The fraction of sp³-hybridized carbons (Fsp3) is 0.533. The Morgan fingerprint density at radius 3 is 2.68 bits per heavy atom. The molecule has 0 spiro atoms. The van der Waals surface area contributed by atoms with Crippen LogP contribution < -0.4 is 0 Å². The quantitative estimate of drug-likeness (QED) is 0.776. The molecular weight excluding hydrogens is 260 g/mol. The number of aromatic nitrogens is 2. The summed E-state index contributed by atoms with van der Waals surface area (Å²) in [6, 6.07) is 6.60. The lowest BCUT2D eigenvalue weighted by Crippen LogP contribution is -2.21. The van der Waals surface area contributed by atoms with Gasteiger partial charge >= 0.3 is 0 Å². The van der Waals surface area contributed by atoms with Crippen molar-refractivity contribution in [1.82, 2.24) is 9.55 Å². The fourth-order valence-electron chi connectivity index (χ4n) is 2.46. The molecule has 1 unspecified atom stereocenters. The molecule has 0 amide bonds. The highest BCUT2D eigenvalue weighted by atomic mass is 35.5. The van der Waals surface area contributed by atoms with E-state index >= 15 is 0 Å². The number of ether oxygens (including phenoxy) is 1. The SMILES string of the molecule is COCC(C(C)C)n1c(CCl)nc2cc(C)ccc21. The lowest BCUT2D eigenvalue weighted by atomic mass is 10.0. The number of rotatable bonds is 5. The summed E-state index contributed by atoms with van der Waals surface area (Å²) in [5.41, 5.74) is 3.36. The molecule has 104 valence electrons. The van der Waals surface area contributed by atoms with E-state index < -0.39 is 0 Å². The highest BCUT2D eigenvalue weighted by Crippen LogP contribution is 2.27. The van der Waals surface area contributed by atoms with Crippen molar-refractivity contribution in [3.63, 3.8) is 0 Å². The number of alkyl halides is 1. The first-order valence-corrected chi connectivity index (χ1v) is 7.14. The first-order chi connectivity index (χ1) is 9.08. The first-order valence-electron chi connectivity index (χ1n) is 6.60. The number of hydrogen-bond donors (Lipinski definition) is 0. The average Bonchev–Trinajstić information content (AvgIpc) is 2.72. The first kappa shape index (κ1) is 14.4. The number of fused-ring (bicyclic) bond motifs is 1. The van der Waals surface area contributed by atoms with Gasteiger partial charge in [-0.05, 0) is 30.5 Å². The van der Waals surface area contributed by atoms with E-state index in [-0.39, 0.29) is 6.04 Å². The molecule has 0 radical (unpaired) electrons. The van der Waals surface area contributed by atoms with E-state index in [1.165, 1.54) is 5.56 Å². The molecule has 2 aromatic rings. The maximum Gasteiger partial charge on any atom is 0.125 e. The molecule has 1 atom stereocenters. The van der Waals surface area contributed by atoms with Crippen molar-refractivity contribution in [2.45, 2.75) is 32.7 Å². The Labute approximate surface area is 119 Å². The molecule has 3 nitrogen and oxygen atoms in total. The van der Waals surface area contributed by atoms with Crippen LogP contribution in [0.3, 0.4) is 0 Å². The summed E-state index contributed by atoms with van der Waals surface area (Å²) in [5.74, 6) is 1.79. The zero-order valence-electron chi connectivity index (χ0n) is 12.0. The number of imidazole rings is 1. The summed E-state index contributed by atoms with van der Waals surface area (Å²) < 4.78 is 7.60. The molecule has 0 bridgehead atoms. The maximum absolute atomic E-state index is 6.07. The molecule has 1 aromatic carbocycles. The molecule has 0 aliphatic heterocycles. The van der Waals surface area contributed by atoms with Gasteiger partial charge in [0.2, 0.25) is 0 Å². The van der Waals surface area contributed by atoms with Gasteiger partial charge in [-0.2, -0.15) is 0 Å². The number of benzene rings is 1. The van der Waals surface area contributed by atoms with Gasteiger partial charge in [-0.1, -0.05) is 19.9 Å². The van der Waals surface area contributed by atoms with Crippen molar-refractivity contribution in [3.05, 3.63) is 29.6 Å². The minimum Gasteiger partial charge on any atom is -0.383 e. The molecular formula is C15H21ClN2O. The molecule has 0 aliphatic carbocycles. The van der Waals surface area contributed by atoms with Gasteiger partial charge in [0.25, 0.3) is 0 Å². The molecule has 2 rings (SSSR count). The zero-order chi connectivity index (χ0) is 14.0. The maximum atomic E-state index is 6.07. The van der Waals surface area contributed by atoms with E-state index in [0.29, 0.717) is 18.4 Å². The molecule has 0 aliphatic rings. The number of methoxy groups -OCH3 is 1. The lowest BCUT2D eigenvalue weighted by molar-refractivity contribution is 0.134. The summed E-state index contributed by atoms with van der Waals surface area (Å²) in [7, 11) is 1.74. The van der Waals surface area contributed by atoms with Crippen LogP contribution in [0.25, 0.3) is 11.0 Å². The molecule has 1 aromatic heterocycles. The Balaban J connectivity index is 2.61. The summed E-state index contributed by atoms with van der Waals surface area (Å²) in [6.07, 6.45) is 0. The Bertz CT molecular complexity index is 563. The Morgan fingerprint density at radius 1 is 1.37 bits per heavy atom. The normalized spacial score (nSPS) is 13.4. The molecule has 19 heavy (non-hydrogen) atoms. The molecule has 0 N–H and O–H groups in total. The Kier molecular flexibility index (Phi) is 4.48. The molecule has 0 saturated heterocycles. The fourth-order valence-corrected chi connectivity index (χ4v) is 2.65. The van der Waals surface area contributed by atoms with Gasteiger partial charge in [0.05, 0.1) is 29.6 Å². The van der Waals surface area contributed by atoms with Crippen molar-refractivity contribution < 1.29 is 4.74 Å². The third-order valence-corrected chi connectivity index (χ3v) is 3.72. The van der Waals surface area contributed by atoms with Crippen molar-refractivity contribution in [1.29, 1.82) is 0 Å². The minimum atomic E-state index is 0.256. The topological polar surface area (TPSA) is 27.1 Å². The van der Waals surface area contributed by atoms with E-state index in [9.17, 15) is 0 Å². The van der Waals surface area contributed by atoms with Crippen LogP contribution >= 0.6 is 11.6 Å². The standard InChI is InChI=1S/C15H21ClN2O/c1-10(2)14(9-19-4)18-13-6-5-11(3)7-12(13)17-15(18)8-16/h5-7,10,14H,8-9H2,1-4H3. The average molecular weight is 281 g/mol. The van der Waals surface area contributed by atoms with Crippen LogP contribution in [0.4, 0.5) is 0 Å². The van der Waals surface area contributed by atoms with Crippen molar-refractivity contribution in [3.8, 4) is 0 Å².